The van der Waals surface area contributed by atoms with E-state index < -0.39 is 0 Å². The molecule has 0 bridgehead atoms. The maximum atomic E-state index is 5.65. The smallest absolute Gasteiger partial charge is 0.239 e. The van der Waals surface area contributed by atoms with Gasteiger partial charge in [-0.15, -0.1) is 10.2 Å². The summed E-state index contributed by atoms with van der Waals surface area (Å²) in [6, 6.07) is 7.62. The van der Waals surface area contributed by atoms with Gasteiger partial charge in [0.25, 0.3) is 0 Å². The molecule has 1 aromatic carbocycles. The number of nitrogens with one attached hydrogen (secondary N) is 1. The van der Waals surface area contributed by atoms with E-state index in [2.05, 4.69) is 29.9 Å². The van der Waals surface area contributed by atoms with Crippen molar-refractivity contribution in [2.75, 3.05) is 31.8 Å². The molecule has 34 heavy (non-hydrogen) atoms. The van der Waals surface area contributed by atoms with Gasteiger partial charge in [-0.25, -0.2) is 4.98 Å². The molecule has 0 radical (unpaired) electrons. The topological polar surface area (TPSA) is 109 Å². The maximum absolute atomic E-state index is 5.65. The van der Waals surface area contributed by atoms with Gasteiger partial charge in [-0.3, -0.25) is 19.3 Å². The zero-order valence-electron chi connectivity index (χ0n) is 19.3. The molecule has 0 saturated carbocycles. The van der Waals surface area contributed by atoms with Crippen LogP contribution < -0.4 is 18.9 Å². The summed E-state index contributed by atoms with van der Waals surface area (Å²) in [7, 11) is 4.81. The maximum Gasteiger partial charge on any atom is 0.239 e. The van der Waals surface area contributed by atoms with Crippen LogP contribution in [0.1, 0.15) is 11.3 Å². The van der Waals surface area contributed by atoms with Gasteiger partial charge in [0, 0.05) is 30.1 Å². The molecule has 4 aromatic rings. The Balaban J connectivity index is 1.64. The van der Waals surface area contributed by atoms with Gasteiger partial charge < -0.3 is 14.2 Å². The van der Waals surface area contributed by atoms with Gasteiger partial charge in [0.05, 0.1) is 39.4 Å². The molecule has 176 valence electrons. The zero-order valence-corrected chi connectivity index (χ0v) is 20.2. The van der Waals surface area contributed by atoms with E-state index in [9.17, 15) is 0 Å². The molecule has 1 N–H and O–H groups in total. The average Bonchev–Trinajstić information content (AvgIpc) is 3.29. The van der Waals surface area contributed by atoms with E-state index in [1.807, 2.05) is 35.8 Å². The highest BCUT2D eigenvalue weighted by molar-refractivity contribution is 8.00. The normalized spacial score (nSPS) is 10.7. The van der Waals surface area contributed by atoms with Crippen LogP contribution in [-0.2, 0) is 6.42 Å². The van der Waals surface area contributed by atoms with E-state index in [4.69, 9.17) is 14.2 Å². The van der Waals surface area contributed by atoms with Crippen LogP contribution in [0.5, 0.6) is 17.4 Å². The molecule has 3 aromatic heterocycles. The average molecular weight is 480 g/mol. The van der Waals surface area contributed by atoms with E-state index >= 15 is 0 Å². The highest BCUT2D eigenvalue weighted by atomic mass is 32.2. The fourth-order valence-electron chi connectivity index (χ4n) is 3.33. The molecule has 0 aliphatic carbocycles. The van der Waals surface area contributed by atoms with Gasteiger partial charge in [0.15, 0.2) is 5.82 Å². The lowest BCUT2D eigenvalue weighted by Gasteiger charge is -2.17. The Labute approximate surface area is 201 Å². The van der Waals surface area contributed by atoms with Crippen molar-refractivity contribution in [2.45, 2.75) is 13.3 Å². The van der Waals surface area contributed by atoms with Gasteiger partial charge in [-0.1, -0.05) is 6.07 Å². The molecular formula is C23H25N7O3S. The molecule has 0 fully saturated rings. The third-order valence-electron chi connectivity index (χ3n) is 4.94. The number of pyridine rings is 1. The summed E-state index contributed by atoms with van der Waals surface area (Å²) in [5.41, 5.74) is 3.41. The Bertz CT molecular complexity index is 1230. The fraction of sp³-hybridized carbons (Fsp3) is 0.261. The highest BCUT2D eigenvalue weighted by Crippen LogP contribution is 2.37. The van der Waals surface area contributed by atoms with Crippen LogP contribution >= 0.6 is 11.9 Å². The molecule has 4 rings (SSSR count). The first kappa shape index (κ1) is 23.3. The third-order valence-corrected chi connectivity index (χ3v) is 5.67. The monoisotopic (exact) mass is 479 g/mol. The number of nitrogens with zero attached hydrogens (tertiary/aromatic N) is 6. The first-order valence-electron chi connectivity index (χ1n) is 10.5. The van der Waals surface area contributed by atoms with Gasteiger partial charge in [-0.2, -0.15) is 0 Å². The molecule has 11 heteroatoms. The molecule has 0 unspecified atom stereocenters. The summed E-state index contributed by atoms with van der Waals surface area (Å²) in [6.07, 6.45) is 7.60. The first-order chi connectivity index (χ1) is 16.6. The summed E-state index contributed by atoms with van der Waals surface area (Å²) in [5.74, 6) is 3.63. The molecule has 0 aliphatic rings. The lowest BCUT2D eigenvalue weighted by Crippen LogP contribution is -2.07. The Morgan fingerprint density at radius 2 is 1.74 bits per heavy atom. The molecule has 0 atom stereocenters. The van der Waals surface area contributed by atoms with Crippen LogP contribution in [0.2, 0.25) is 0 Å². The van der Waals surface area contributed by atoms with E-state index in [1.54, 1.807) is 46.1 Å². The second-order valence-corrected chi connectivity index (χ2v) is 8.10. The lowest BCUT2D eigenvalue weighted by atomic mass is 10.2. The minimum Gasteiger partial charge on any atom is -0.494 e. The standard InChI is InChI=1S/C23H25N7O3S/c1-15-10-16(12-24-11-15)22-27-28-23(29-34-9-8-17-13-26-20(33-4)14-25-17)30(22)21-18(31-2)6-5-7-19(21)32-3/h5-7,10-14H,8-9H2,1-4H3,(H,28,29). The first-order valence-corrected chi connectivity index (χ1v) is 11.4. The molecule has 0 spiro atoms. The number of anilines is 1. The van der Waals surface area contributed by atoms with Gasteiger partial charge in [0.1, 0.15) is 17.2 Å². The molecular weight excluding hydrogens is 454 g/mol. The van der Waals surface area contributed by atoms with Crippen molar-refractivity contribution in [3.63, 3.8) is 0 Å². The molecule has 0 saturated heterocycles. The number of hydrogen-bond acceptors (Lipinski definition) is 10. The van der Waals surface area contributed by atoms with Crippen molar-refractivity contribution in [2.24, 2.45) is 0 Å². The van der Waals surface area contributed by atoms with Crippen molar-refractivity contribution in [3.05, 3.63) is 60.3 Å². The van der Waals surface area contributed by atoms with Gasteiger partial charge in [-0.05, 0) is 42.6 Å². The lowest BCUT2D eigenvalue weighted by molar-refractivity contribution is 0.391. The van der Waals surface area contributed by atoms with E-state index in [1.165, 1.54) is 11.9 Å². The van der Waals surface area contributed by atoms with E-state index in [-0.39, 0.29) is 0 Å². The number of benzene rings is 1. The zero-order chi connectivity index (χ0) is 23.9. The summed E-state index contributed by atoms with van der Waals surface area (Å²) in [5, 5.41) is 8.87. The van der Waals surface area contributed by atoms with Crippen molar-refractivity contribution in [1.82, 2.24) is 29.7 Å². The minimum absolute atomic E-state index is 0.492. The van der Waals surface area contributed by atoms with E-state index in [0.29, 0.717) is 34.8 Å². The van der Waals surface area contributed by atoms with Crippen LogP contribution in [-0.4, -0.2) is 56.8 Å². The number of aromatic nitrogens is 6. The molecule has 10 nitrogen and oxygen atoms in total. The largest absolute Gasteiger partial charge is 0.494 e. The molecule has 0 aliphatic heterocycles. The number of para-hydroxylation sites is 1. The summed E-state index contributed by atoms with van der Waals surface area (Å²) in [4.78, 5) is 12.9. The van der Waals surface area contributed by atoms with E-state index in [0.717, 1.165) is 29.0 Å². The Morgan fingerprint density at radius 3 is 2.38 bits per heavy atom. The highest BCUT2D eigenvalue weighted by Gasteiger charge is 2.22. The van der Waals surface area contributed by atoms with Crippen LogP contribution in [0.15, 0.2) is 49.1 Å². The quantitative estimate of drug-likeness (QED) is 0.267. The molecule has 0 amide bonds. The Morgan fingerprint density at radius 1 is 0.941 bits per heavy atom. The Kier molecular flexibility index (Phi) is 7.43. The van der Waals surface area contributed by atoms with Crippen LogP contribution in [0.3, 0.4) is 0 Å². The number of methoxy groups -OCH3 is 3. The van der Waals surface area contributed by atoms with Gasteiger partial charge >= 0.3 is 0 Å². The number of hydrogen-bond donors (Lipinski definition) is 1. The van der Waals surface area contributed by atoms with Gasteiger partial charge in [0.2, 0.25) is 11.8 Å². The second-order valence-electron chi connectivity index (χ2n) is 7.20. The number of aryl methyl sites for hydroxylation is 2. The Hall–Kier alpha value is -3.86. The minimum atomic E-state index is 0.492. The predicted octanol–water partition coefficient (Wildman–Crippen LogP) is 3.76. The number of rotatable bonds is 10. The molecule has 3 heterocycles. The van der Waals surface area contributed by atoms with Crippen LogP contribution in [0.25, 0.3) is 17.1 Å². The van der Waals surface area contributed by atoms with Crippen molar-refractivity contribution in [1.29, 1.82) is 0 Å². The number of ether oxygens (including phenoxy) is 3. The SMILES string of the molecule is COc1cnc(CCSNc2nnc(-c3cncc(C)c3)n2-c2c(OC)cccc2OC)cn1. The predicted molar refractivity (Wildman–Crippen MR) is 131 cm³/mol. The van der Waals surface area contributed by atoms with Crippen molar-refractivity contribution in [3.8, 4) is 34.5 Å². The third kappa shape index (κ3) is 5.04. The second kappa shape index (κ2) is 10.8. The summed E-state index contributed by atoms with van der Waals surface area (Å²) >= 11 is 1.49. The van der Waals surface area contributed by atoms with Crippen molar-refractivity contribution < 1.29 is 14.2 Å². The summed E-state index contributed by atoms with van der Waals surface area (Å²) < 4.78 is 21.6. The van der Waals surface area contributed by atoms with Crippen LogP contribution in [0, 0.1) is 6.92 Å². The van der Waals surface area contributed by atoms with Crippen LogP contribution in [0.4, 0.5) is 5.95 Å². The fourth-order valence-corrected chi connectivity index (χ4v) is 4.00. The summed E-state index contributed by atoms with van der Waals surface area (Å²) in [6.45, 7) is 1.98. The van der Waals surface area contributed by atoms with Crippen molar-refractivity contribution >= 4 is 17.9 Å².